The van der Waals surface area contributed by atoms with E-state index in [2.05, 4.69) is 36.0 Å². The second-order valence-electron chi connectivity index (χ2n) is 6.44. The number of aliphatic imine (C=N–C) groups is 1. The van der Waals surface area contributed by atoms with E-state index in [9.17, 15) is 5.11 Å². The molecule has 1 rings (SSSR count). The van der Waals surface area contributed by atoms with Crippen molar-refractivity contribution in [3.63, 3.8) is 0 Å². The van der Waals surface area contributed by atoms with Gasteiger partial charge in [-0.05, 0) is 31.6 Å². The summed E-state index contributed by atoms with van der Waals surface area (Å²) in [6.07, 6.45) is 2.69. The first-order chi connectivity index (χ1) is 8.86. The second-order valence-corrected chi connectivity index (χ2v) is 6.44. The van der Waals surface area contributed by atoms with Gasteiger partial charge < -0.3 is 15.3 Å². The van der Waals surface area contributed by atoms with E-state index in [1.807, 2.05) is 13.8 Å². The smallest absolute Gasteiger partial charge is 0.194 e. The van der Waals surface area contributed by atoms with Crippen molar-refractivity contribution in [3.8, 4) is 0 Å². The van der Waals surface area contributed by atoms with Crippen LogP contribution in [0.2, 0.25) is 0 Å². The molecule has 0 atom stereocenters. The van der Waals surface area contributed by atoms with Gasteiger partial charge in [-0.2, -0.15) is 0 Å². The molecule has 0 amide bonds. The Morgan fingerprint density at radius 1 is 1.30 bits per heavy atom. The van der Waals surface area contributed by atoms with Gasteiger partial charge in [-0.15, -0.1) is 24.0 Å². The highest BCUT2D eigenvalue weighted by Gasteiger charge is 2.31. The number of likely N-dealkylation sites (tertiary alicyclic amines) is 1. The topological polar surface area (TPSA) is 47.9 Å². The summed E-state index contributed by atoms with van der Waals surface area (Å²) in [5.74, 6) is 0.952. The van der Waals surface area contributed by atoms with Crippen LogP contribution < -0.4 is 5.32 Å². The van der Waals surface area contributed by atoms with Crippen molar-refractivity contribution in [2.75, 3.05) is 26.2 Å². The number of guanidine groups is 1. The molecule has 2 N–H and O–H groups in total. The minimum Gasteiger partial charge on any atom is -0.388 e. The van der Waals surface area contributed by atoms with Gasteiger partial charge in [-0.3, -0.25) is 4.99 Å². The van der Waals surface area contributed by atoms with Crippen molar-refractivity contribution in [3.05, 3.63) is 0 Å². The molecule has 1 heterocycles. The Morgan fingerprint density at radius 3 is 2.30 bits per heavy atom. The zero-order valence-corrected chi connectivity index (χ0v) is 16.0. The summed E-state index contributed by atoms with van der Waals surface area (Å²) in [5, 5.41) is 13.7. The number of rotatable bonds is 5. The molecule has 1 saturated heterocycles. The van der Waals surface area contributed by atoms with Crippen molar-refractivity contribution in [2.24, 2.45) is 10.4 Å². The van der Waals surface area contributed by atoms with Crippen LogP contribution in [-0.2, 0) is 0 Å². The van der Waals surface area contributed by atoms with E-state index in [0.29, 0.717) is 12.0 Å². The number of nitrogens with one attached hydrogen (secondary N) is 1. The van der Waals surface area contributed by atoms with E-state index >= 15 is 0 Å². The lowest BCUT2D eigenvalue weighted by Crippen LogP contribution is -2.42. The summed E-state index contributed by atoms with van der Waals surface area (Å²) in [5.41, 5.74) is -0.294. The molecule has 0 aromatic heterocycles. The molecule has 0 saturated carbocycles. The van der Waals surface area contributed by atoms with Crippen LogP contribution in [0.1, 0.15) is 53.9 Å². The van der Waals surface area contributed by atoms with Gasteiger partial charge in [-0.25, -0.2) is 0 Å². The fraction of sp³-hybridized carbons (Fsp3) is 0.933. The number of hydrogen-bond donors (Lipinski definition) is 2. The summed E-state index contributed by atoms with van der Waals surface area (Å²) in [6.45, 7) is 14.2. The SMILES string of the molecule is CCNC(=NCC(O)(CC)CC)N1CCC(C)(C)C1.I. The molecule has 0 aliphatic carbocycles. The second kappa shape index (κ2) is 8.41. The summed E-state index contributed by atoms with van der Waals surface area (Å²) >= 11 is 0. The van der Waals surface area contributed by atoms with Crippen LogP contribution in [0.4, 0.5) is 0 Å². The van der Waals surface area contributed by atoms with Gasteiger partial charge in [0.15, 0.2) is 5.96 Å². The van der Waals surface area contributed by atoms with Crippen LogP contribution >= 0.6 is 24.0 Å². The van der Waals surface area contributed by atoms with Gasteiger partial charge in [0.1, 0.15) is 0 Å². The largest absolute Gasteiger partial charge is 0.388 e. The van der Waals surface area contributed by atoms with Crippen LogP contribution in [0.3, 0.4) is 0 Å². The summed E-state index contributed by atoms with van der Waals surface area (Å²) in [4.78, 5) is 6.97. The van der Waals surface area contributed by atoms with Crippen LogP contribution in [0.5, 0.6) is 0 Å². The number of halogens is 1. The van der Waals surface area contributed by atoms with Gasteiger partial charge in [0.2, 0.25) is 0 Å². The average Bonchev–Trinajstić information content (AvgIpc) is 2.74. The van der Waals surface area contributed by atoms with Gasteiger partial charge >= 0.3 is 0 Å². The molecule has 1 aliphatic rings. The van der Waals surface area contributed by atoms with E-state index in [0.717, 1.165) is 38.4 Å². The zero-order valence-electron chi connectivity index (χ0n) is 13.7. The first kappa shape index (κ1) is 20.0. The Labute approximate surface area is 141 Å². The van der Waals surface area contributed by atoms with Gasteiger partial charge in [0.05, 0.1) is 12.1 Å². The molecule has 4 nitrogen and oxygen atoms in total. The standard InChI is InChI=1S/C15H31N3O.HI/c1-6-15(19,7-2)11-17-13(16-8-3)18-10-9-14(4,5)12-18;/h19H,6-12H2,1-5H3,(H,16,17);1H. The van der Waals surface area contributed by atoms with Gasteiger partial charge in [-0.1, -0.05) is 27.7 Å². The van der Waals surface area contributed by atoms with E-state index in [1.54, 1.807) is 0 Å². The van der Waals surface area contributed by atoms with Crippen molar-refractivity contribution < 1.29 is 5.11 Å². The van der Waals surface area contributed by atoms with Crippen LogP contribution in [-0.4, -0.2) is 47.7 Å². The first-order valence-electron chi connectivity index (χ1n) is 7.61. The van der Waals surface area contributed by atoms with Gasteiger partial charge in [0.25, 0.3) is 0 Å². The van der Waals surface area contributed by atoms with Crippen LogP contribution in [0.25, 0.3) is 0 Å². The molecular weight excluding hydrogens is 365 g/mol. The Kier molecular flexibility index (Phi) is 8.40. The highest BCUT2D eigenvalue weighted by Crippen LogP contribution is 2.28. The molecule has 0 radical (unpaired) electrons. The first-order valence-corrected chi connectivity index (χ1v) is 7.61. The average molecular weight is 397 g/mol. The Morgan fingerprint density at radius 2 is 1.90 bits per heavy atom. The molecule has 120 valence electrons. The van der Waals surface area contributed by atoms with Crippen molar-refractivity contribution in [1.82, 2.24) is 10.2 Å². The lowest BCUT2D eigenvalue weighted by Gasteiger charge is -2.27. The zero-order chi connectivity index (χ0) is 14.5. The molecule has 0 bridgehead atoms. The van der Waals surface area contributed by atoms with E-state index < -0.39 is 5.60 Å². The summed E-state index contributed by atoms with van der Waals surface area (Å²) in [7, 11) is 0. The maximum atomic E-state index is 10.3. The molecule has 0 aromatic rings. The fourth-order valence-corrected chi connectivity index (χ4v) is 2.41. The molecule has 0 unspecified atom stereocenters. The Bertz CT molecular complexity index is 314. The molecule has 20 heavy (non-hydrogen) atoms. The monoisotopic (exact) mass is 397 g/mol. The predicted octanol–water partition coefficient (Wildman–Crippen LogP) is 2.85. The third-order valence-electron chi connectivity index (χ3n) is 4.15. The molecule has 0 spiro atoms. The maximum absolute atomic E-state index is 10.3. The van der Waals surface area contributed by atoms with Crippen molar-refractivity contribution in [1.29, 1.82) is 0 Å². The van der Waals surface area contributed by atoms with E-state index in [4.69, 9.17) is 0 Å². The van der Waals surface area contributed by atoms with Crippen molar-refractivity contribution in [2.45, 2.75) is 59.5 Å². The third kappa shape index (κ3) is 5.76. The highest BCUT2D eigenvalue weighted by atomic mass is 127. The van der Waals surface area contributed by atoms with E-state index in [1.165, 1.54) is 6.42 Å². The molecular formula is C15H32IN3O. The summed E-state index contributed by atoms with van der Waals surface area (Å²) in [6, 6.07) is 0. The van der Waals surface area contributed by atoms with Crippen LogP contribution in [0.15, 0.2) is 4.99 Å². The molecule has 1 fully saturated rings. The number of aliphatic hydroxyl groups is 1. The third-order valence-corrected chi connectivity index (χ3v) is 4.15. The number of nitrogens with zero attached hydrogens (tertiary/aromatic N) is 2. The minimum atomic E-state index is -0.657. The fourth-order valence-electron chi connectivity index (χ4n) is 2.41. The van der Waals surface area contributed by atoms with E-state index in [-0.39, 0.29) is 24.0 Å². The Balaban J connectivity index is 0.00000361. The predicted molar refractivity (Wildman–Crippen MR) is 96.9 cm³/mol. The van der Waals surface area contributed by atoms with Crippen LogP contribution in [0, 0.1) is 5.41 Å². The summed E-state index contributed by atoms with van der Waals surface area (Å²) < 4.78 is 0. The number of hydrogen-bond acceptors (Lipinski definition) is 2. The normalized spacial score (nSPS) is 18.9. The van der Waals surface area contributed by atoms with Gasteiger partial charge in [0, 0.05) is 19.6 Å². The Hall–Kier alpha value is -0.0400. The molecule has 5 heteroatoms. The lowest BCUT2D eigenvalue weighted by atomic mass is 9.93. The van der Waals surface area contributed by atoms with Crippen molar-refractivity contribution >= 4 is 29.9 Å². The lowest BCUT2D eigenvalue weighted by molar-refractivity contribution is 0.0416. The molecule has 0 aromatic carbocycles. The minimum absolute atomic E-state index is 0. The maximum Gasteiger partial charge on any atom is 0.194 e. The molecule has 1 aliphatic heterocycles. The quantitative estimate of drug-likeness (QED) is 0.426. The highest BCUT2D eigenvalue weighted by molar-refractivity contribution is 14.0.